The Hall–Kier alpha value is -0.340. The molecule has 1 atom stereocenters. The van der Waals surface area contributed by atoms with E-state index in [4.69, 9.17) is 11.6 Å². The minimum absolute atomic E-state index is 0. The molecular weight excluding hydrogens is 373 g/mol. The van der Waals surface area contributed by atoms with Crippen LogP contribution in [-0.4, -0.2) is 37.3 Å². The number of halogens is 8. The molecule has 0 aromatic heterocycles. The maximum atomic E-state index is 13.8. The van der Waals surface area contributed by atoms with E-state index in [1.54, 1.807) is 0 Å². The second-order valence-electron chi connectivity index (χ2n) is 4.49. The number of hydrogen-bond donors (Lipinski definition) is 1. The van der Waals surface area contributed by atoms with Crippen LogP contribution in [0.25, 0.3) is 0 Å². The molecule has 0 bridgehead atoms. The molecule has 0 unspecified atom stereocenters. The number of benzene rings is 1. The number of nitrogens with one attached hydrogen (secondary N) is 1. The molecule has 22 heavy (non-hydrogen) atoms. The average molecular weight is 388 g/mol. The fourth-order valence-electron chi connectivity index (χ4n) is 2.29. The van der Waals surface area contributed by atoms with Crippen LogP contribution in [0.5, 0.6) is 0 Å². The molecular formula is C12H14Cl3F5N2. The molecule has 1 aliphatic rings. The van der Waals surface area contributed by atoms with Gasteiger partial charge in [-0.2, -0.15) is 13.2 Å². The predicted molar refractivity (Wildman–Crippen MR) is 79.1 cm³/mol. The third-order valence-corrected chi connectivity index (χ3v) is 3.56. The topological polar surface area (TPSA) is 15.3 Å². The van der Waals surface area contributed by atoms with E-state index in [0.717, 1.165) is 4.90 Å². The van der Waals surface area contributed by atoms with Crippen LogP contribution in [0.1, 0.15) is 11.6 Å². The van der Waals surface area contributed by atoms with Gasteiger partial charge in [0.2, 0.25) is 0 Å². The van der Waals surface area contributed by atoms with Crippen LogP contribution in [0.15, 0.2) is 12.1 Å². The SMILES string of the molecule is Cl.Cl.Fc1ccc(F)c([C@@H](N2CCNCC2)C(F)(F)F)c1Cl. The van der Waals surface area contributed by atoms with Gasteiger partial charge in [0.25, 0.3) is 0 Å². The average Bonchev–Trinajstić information content (AvgIpc) is 2.39. The van der Waals surface area contributed by atoms with E-state index < -0.39 is 34.4 Å². The first-order valence-electron chi connectivity index (χ1n) is 5.97. The third-order valence-electron chi connectivity index (χ3n) is 3.18. The minimum Gasteiger partial charge on any atom is -0.314 e. The third kappa shape index (κ3) is 4.58. The van der Waals surface area contributed by atoms with Crippen molar-refractivity contribution in [2.45, 2.75) is 12.2 Å². The first kappa shape index (κ1) is 21.7. The van der Waals surface area contributed by atoms with E-state index in [9.17, 15) is 22.0 Å². The van der Waals surface area contributed by atoms with Gasteiger partial charge in [0, 0.05) is 31.7 Å². The van der Waals surface area contributed by atoms with Crippen LogP contribution in [-0.2, 0) is 0 Å². The molecule has 0 radical (unpaired) electrons. The molecule has 1 aromatic carbocycles. The van der Waals surface area contributed by atoms with E-state index in [-0.39, 0.29) is 37.9 Å². The smallest absolute Gasteiger partial charge is 0.314 e. The Bertz CT molecular complexity index is 492. The Morgan fingerprint density at radius 2 is 1.55 bits per heavy atom. The zero-order chi connectivity index (χ0) is 14.9. The first-order valence-corrected chi connectivity index (χ1v) is 6.35. The van der Waals surface area contributed by atoms with Crippen LogP contribution in [0, 0.1) is 11.6 Å². The summed E-state index contributed by atoms with van der Waals surface area (Å²) in [6, 6.07) is -0.864. The maximum Gasteiger partial charge on any atom is 0.408 e. The van der Waals surface area contributed by atoms with Crippen LogP contribution >= 0.6 is 36.4 Å². The standard InChI is InChI=1S/C12H12ClF5N2.2ClH/c13-10-8(15)2-1-7(14)9(10)11(12(16,17)18)20-5-3-19-4-6-20;;/h1-2,11,19H,3-6H2;2*1H/t11-;;/m1../s1. The van der Waals surface area contributed by atoms with Gasteiger partial charge in [-0.3, -0.25) is 4.90 Å². The number of rotatable bonds is 2. The lowest BCUT2D eigenvalue weighted by molar-refractivity contribution is -0.188. The highest BCUT2D eigenvalue weighted by molar-refractivity contribution is 6.31. The summed E-state index contributed by atoms with van der Waals surface area (Å²) in [5.41, 5.74) is -0.846. The van der Waals surface area contributed by atoms with E-state index in [0.29, 0.717) is 25.2 Å². The Balaban J connectivity index is 0.00000220. The Morgan fingerprint density at radius 1 is 1.05 bits per heavy atom. The molecule has 1 heterocycles. The minimum atomic E-state index is -4.74. The van der Waals surface area contributed by atoms with E-state index in [2.05, 4.69) is 5.32 Å². The summed E-state index contributed by atoms with van der Waals surface area (Å²) < 4.78 is 67.0. The molecule has 1 aromatic rings. The van der Waals surface area contributed by atoms with Crippen molar-refractivity contribution in [2.24, 2.45) is 0 Å². The van der Waals surface area contributed by atoms with Crippen molar-refractivity contribution in [2.75, 3.05) is 26.2 Å². The molecule has 2 nitrogen and oxygen atoms in total. The summed E-state index contributed by atoms with van der Waals surface area (Å²) in [6.45, 7) is 0.856. The summed E-state index contributed by atoms with van der Waals surface area (Å²) in [5, 5.41) is 2.09. The van der Waals surface area contributed by atoms with Gasteiger partial charge in [0.15, 0.2) is 0 Å². The second-order valence-corrected chi connectivity index (χ2v) is 4.86. The van der Waals surface area contributed by atoms with Gasteiger partial charge >= 0.3 is 6.18 Å². The van der Waals surface area contributed by atoms with Crippen LogP contribution in [0.4, 0.5) is 22.0 Å². The fraction of sp³-hybridized carbons (Fsp3) is 0.500. The molecule has 0 saturated carbocycles. The largest absolute Gasteiger partial charge is 0.408 e. The summed E-state index contributed by atoms with van der Waals surface area (Å²) in [4.78, 5) is 1.06. The summed E-state index contributed by atoms with van der Waals surface area (Å²) in [5.74, 6) is -2.22. The molecule has 1 fully saturated rings. The highest BCUT2D eigenvalue weighted by Gasteiger charge is 2.47. The van der Waals surface area contributed by atoms with Crippen molar-refractivity contribution >= 4 is 36.4 Å². The molecule has 1 aliphatic heterocycles. The second kappa shape index (κ2) is 8.49. The van der Waals surface area contributed by atoms with Crippen molar-refractivity contribution < 1.29 is 22.0 Å². The molecule has 2 rings (SSSR count). The Labute approximate surface area is 141 Å². The first-order chi connectivity index (χ1) is 9.32. The number of hydrogen-bond acceptors (Lipinski definition) is 2. The number of alkyl halides is 3. The van der Waals surface area contributed by atoms with Crippen molar-refractivity contribution in [3.63, 3.8) is 0 Å². The van der Waals surface area contributed by atoms with Gasteiger partial charge in [-0.15, -0.1) is 24.8 Å². The number of nitrogens with zero attached hydrogens (tertiary/aromatic N) is 1. The fourth-order valence-corrected chi connectivity index (χ4v) is 2.54. The molecule has 0 aliphatic carbocycles. The van der Waals surface area contributed by atoms with E-state index in [1.165, 1.54) is 0 Å². The van der Waals surface area contributed by atoms with Crippen molar-refractivity contribution in [3.8, 4) is 0 Å². The van der Waals surface area contributed by atoms with Crippen molar-refractivity contribution in [1.29, 1.82) is 0 Å². The molecule has 1 saturated heterocycles. The van der Waals surface area contributed by atoms with Gasteiger partial charge in [0.1, 0.15) is 17.7 Å². The van der Waals surface area contributed by atoms with Gasteiger partial charge in [0.05, 0.1) is 5.02 Å². The predicted octanol–water partition coefficient (Wildman–Crippen LogP) is 3.97. The normalized spacial score (nSPS) is 17.4. The van der Waals surface area contributed by atoms with Gasteiger partial charge < -0.3 is 5.32 Å². The molecule has 0 amide bonds. The lowest BCUT2D eigenvalue weighted by Gasteiger charge is -2.36. The quantitative estimate of drug-likeness (QED) is 0.610. The molecule has 10 heteroatoms. The highest BCUT2D eigenvalue weighted by Crippen LogP contribution is 2.42. The van der Waals surface area contributed by atoms with Gasteiger partial charge in [-0.1, -0.05) is 11.6 Å². The van der Waals surface area contributed by atoms with Crippen LogP contribution in [0.3, 0.4) is 0 Å². The van der Waals surface area contributed by atoms with Crippen LogP contribution < -0.4 is 5.32 Å². The summed E-state index contributed by atoms with van der Waals surface area (Å²) in [7, 11) is 0. The molecule has 1 N–H and O–H groups in total. The molecule has 0 spiro atoms. The zero-order valence-corrected chi connectivity index (χ0v) is 13.5. The summed E-state index contributed by atoms with van der Waals surface area (Å²) in [6.07, 6.45) is -4.74. The Morgan fingerprint density at radius 3 is 2.05 bits per heavy atom. The monoisotopic (exact) mass is 386 g/mol. The summed E-state index contributed by atoms with van der Waals surface area (Å²) >= 11 is 5.56. The van der Waals surface area contributed by atoms with E-state index in [1.807, 2.05) is 0 Å². The lowest BCUT2D eigenvalue weighted by atomic mass is 10.0. The van der Waals surface area contributed by atoms with Crippen LogP contribution in [0.2, 0.25) is 5.02 Å². The highest BCUT2D eigenvalue weighted by atomic mass is 35.5. The van der Waals surface area contributed by atoms with Gasteiger partial charge in [-0.25, -0.2) is 8.78 Å². The Kier molecular flexibility index (Phi) is 8.36. The maximum absolute atomic E-state index is 13.8. The van der Waals surface area contributed by atoms with Crippen molar-refractivity contribution in [3.05, 3.63) is 34.4 Å². The zero-order valence-electron chi connectivity index (χ0n) is 11.1. The van der Waals surface area contributed by atoms with Gasteiger partial charge in [-0.05, 0) is 12.1 Å². The lowest BCUT2D eigenvalue weighted by Crippen LogP contribution is -2.49. The molecule has 128 valence electrons. The number of piperazine rings is 1. The van der Waals surface area contributed by atoms with Crippen molar-refractivity contribution in [1.82, 2.24) is 10.2 Å². The van der Waals surface area contributed by atoms with E-state index >= 15 is 0 Å².